The van der Waals surface area contributed by atoms with Crippen LogP contribution >= 0.6 is 11.8 Å². The summed E-state index contributed by atoms with van der Waals surface area (Å²) in [5.74, 6) is 0. The number of hydrogen-bond donors (Lipinski definition) is 0. The van der Waals surface area contributed by atoms with Crippen molar-refractivity contribution in [1.82, 2.24) is 0 Å². The molecule has 2 rings (SSSR count). The topological polar surface area (TPSA) is 0 Å². The first-order valence-corrected chi connectivity index (χ1v) is 6.97. The molecule has 0 fully saturated rings. The second-order valence-electron chi connectivity index (χ2n) is 3.13. The third-order valence-electron chi connectivity index (χ3n) is 2.07. The molecule has 0 aliphatic heterocycles. The number of hydrogen-bond acceptors (Lipinski definition) is 1. The third kappa shape index (κ3) is 3.05. The fourth-order valence-corrected chi connectivity index (χ4v) is 2.57. The molecule has 0 saturated carbocycles. The maximum Gasteiger partial charge on any atom is 0.152 e. The Labute approximate surface area is 99.1 Å². The molecule has 0 N–H and O–H groups in total. The van der Waals surface area contributed by atoms with Crippen molar-refractivity contribution < 1.29 is 0 Å². The van der Waals surface area contributed by atoms with Crippen molar-refractivity contribution in [2.24, 2.45) is 0 Å². The van der Waals surface area contributed by atoms with E-state index in [1.54, 1.807) is 11.8 Å². The Morgan fingerprint density at radius 2 is 1.40 bits per heavy atom. The van der Waals surface area contributed by atoms with E-state index in [0.29, 0.717) is 0 Å². The van der Waals surface area contributed by atoms with Crippen molar-refractivity contribution in [3.63, 3.8) is 0 Å². The summed E-state index contributed by atoms with van der Waals surface area (Å²) in [4.78, 5) is 3.96. The molecular formula is C13H13S2+. The molecule has 0 aromatic heterocycles. The summed E-state index contributed by atoms with van der Waals surface area (Å²) in [6, 6.07) is 19.2. The maximum absolute atomic E-state index is 2.19. The molecule has 0 nitrogen and oxygen atoms in total. The monoisotopic (exact) mass is 233 g/mol. The molecule has 2 aromatic rings. The lowest BCUT2D eigenvalue weighted by Crippen LogP contribution is -1.78. The highest BCUT2D eigenvalue weighted by Crippen LogP contribution is 2.27. The maximum atomic E-state index is 2.19. The molecular weight excluding hydrogens is 220 g/mol. The normalized spacial score (nSPS) is 10.2. The lowest BCUT2D eigenvalue weighted by Gasteiger charge is -2.00. The van der Waals surface area contributed by atoms with Crippen LogP contribution in [-0.2, 0) is 11.8 Å². The summed E-state index contributed by atoms with van der Waals surface area (Å²) in [5, 5.41) is 0. The van der Waals surface area contributed by atoms with Crippen LogP contribution < -0.4 is 0 Å². The number of benzene rings is 2. The van der Waals surface area contributed by atoms with Crippen molar-refractivity contribution >= 4 is 23.5 Å². The van der Waals surface area contributed by atoms with Gasteiger partial charge in [-0.3, -0.25) is 0 Å². The zero-order chi connectivity index (χ0) is 10.5. The Bertz CT molecular complexity index is 406. The van der Waals surface area contributed by atoms with Gasteiger partial charge in [0.15, 0.2) is 4.90 Å². The number of rotatable bonds is 3. The largest absolute Gasteiger partial charge is 0.152 e. The zero-order valence-corrected chi connectivity index (χ0v) is 10.3. The van der Waals surface area contributed by atoms with Crippen LogP contribution in [0.15, 0.2) is 69.3 Å². The van der Waals surface area contributed by atoms with E-state index < -0.39 is 0 Å². The summed E-state index contributed by atoms with van der Waals surface area (Å²) < 4.78 is 0. The smallest absolute Gasteiger partial charge is 0.0901 e. The Hall–Kier alpha value is -0.860. The minimum Gasteiger partial charge on any atom is -0.0901 e. The SMILES string of the molecule is C[SH+]c1ccc(Sc2ccccc2)cc1. The van der Waals surface area contributed by atoms with Crippen molar-refractivity contribution in [2.75, 3.05) is 6.26 Å². The zero-order valence-electron chi connectivity index (χ0n) is 8.55. The summed E-state index contributed by atoms with van der Waals surface area (Å²) in [5.41, 5.74) is 0. The van der Waals surface area contributed by atoms with E-state index >= 15 is 0 Å². The molecule has 0 spiro atoms. The van der Waals surface area contributed by atoms with Gasteiger partial charge in [0.25, 0.3) is 0 Å². The lowest BCUT2D eigenvalue weighted by atomic mass is 10.4. The van der Waals surface area contributed by atoms with E-state index in [-0.39, 0.29) is 0 Å². The molecule has 0 heterocycles. The first-order chi connectivity index (χ1) is 7.38. The Morgan fingerprint density at radius 1 is 0.800 bits per heavy atom. The van der Waals surface area contributed by atoms with Crippen LogP contribution in [0.1, 0.15) is 0 Å². The van der Waals surface area contributed by atoms with Crippen LogP contribution in [0.25, 0.3) is 0 Å². The van der Waals surface area contributed by atoms with Crippen LogP contribution in [-0.4, -0.2) is 6.26 Å². The van der Waals surface area contributed by atoms with Crippen molar-refractivity contribution in [2.45, 2.75) is 14.7 Å². The first-order valence-electron chi connectivity index (χ1n) is 4.81. The molecule has 15 heavy (non-hydrogen) atoms. The van der Waals surface area contributed by atoms with E-state index in [0.717, 1.165) is 0 Å². The summed E-state index contributed by atoms with van der Waals surface area (Å²) in [7, 11) is 0. The van der Waals surface area contributed by atoms with Crippen LogP contribution in [0.4, 0.5) is 0 Å². The highest BCUT2D eigenvalue weighted by atomic mass is 32.2. The van der Waals surface area contributed by atoms with Gasteiger partial charge in [0.2, 0.25) is 0 Å². The van der Waals surface area contributed by atoms with Gasteiger partial charge in [0.1, 0.15) is 6.26 Å². The van der Waals surface area contributed by atoms with E-state index in [1.165, 1.54) is 26.4 Å². The van der Waals surface area contributed by atoms with E-state index in [4.69, 9.17) is 0 Å². The minimum atomic E-state index is 1.29. The average Bonchev–Trinajstić information content (AvgIpc) is 2.31. The molecule has 0 radical (unpaired) electrons. The molecule has 0 atom stereocenters. The van der Waals surface area contributed by atoms with E-state index in [2.05, 4.69) is 54.8 Å². The fraction of sp³-hybridized carbons (Fsp3) is 0.0769. The first kappa shape index (κ1) is 10.7. The van der Waals surface area contributed by atoms with Crippen LogP contribution in [0, 0.1) is 0 Å². The highest BCUT2D eigenvalue weighted by molar-refractivity contribution is 7.99. The average molecular weight is 233 g/mol. The summed E-state index contributed by atoms with van der Waals surface area (Å²) >= 11 is 3.13. The predicted molar refractivity (Wildman–Crippen MR) is 70.0 cm³/mol. The summed E-state index contributed by atoms with van der Waals surface area (Å²) in [6.45, 7) is 0. The second kappa shape index (κ2) is 5.29. The van der Waals surface area contributed by atoms with Crippen molar-refractivity contribution in [1.29, 1.82) is 0 Å². The minimum absolute atomic E-state index is 1.29. The fourth-order valence-electron chi connectivity index (χ4n) is 1.29. The summed E-state index contributed by atoms with van der Waals surface area (Å²) in [6.07, 6.45) is 2.15. The second-order valence-corrected chi connectivity index (χ2v) is 5.24. The van der Waals surface area contributed by atoms with Crippen molar-refractivity contribution in [3.8, 4) is 0 Å². The molecule has 0 aliphatic rings. The lowest BCUT2D eigenvalue weighted by molar-refractivity contribution is 1.34. The van der Waals surface area contributed by atoms with Gasteiger partial charge >= 0.3 is 0 Å². The van der Waals surface area contributed by atoms with Crippen LogP contribution in [0.3, 0.4) is 0 Å². The molecule has 2 heteroatoms. The molecule has 2 aromatic carbocycles. The molecule has 0 amide bonds. The van der Waals surface area contributed by atoms with E-state index in [1.807, 2.05) is 6.07 Å². The van der Waals surface area contributed by atoms with Gasteiger partial charge in [0, 0.05) is 21.6 Å². The van der Waals surface area contributed by atoms with Gasteiger partial charge in [-0.2, -0.15) is 0 Å². The van der Waals surface area contributed by atoms with E-state index in [9.17, 15) is 0 Å². The van der Waals surface area contributed by atoms with Gasteiger partial charge in [-0.15, -0.1) is 0 Å². The van der Waals surface area contributed by atoms with Crippen LogP contribution in [0.5, 0.6) is 0 Å². The van der Waals surface area contributed by atoms with Gasteiger partial charge < -0.3 is 0 Å². The van der Waals surface area contributed by atoms with Gasteiger partial charge in [-0.1, -0.05) is 30.0 Å². The standard InChI is InChI=1S/C13H12S2/c1-14-11-7-9-13(10-8-11)15-12-5-3-2-4-6-12/h2-10H,1H3/p+1. The molecule has 0 aliphatic carbocycles. The van der Waals surface area contributed by atoms with Gasteiger partial charge in [0.05, 0.1) is 0 Å². The Morgan fingerprint density at radius 3 is 2.00 bits per heavy atom. The molecule has 0 bridgehead atoms. The Kier molecular flexibility index (Phi) is 3.75. The number of thiol groups is 1. The predicted octanol–water partition coefficient (Wildman–Crippen LogP) is 3.64. The molecule has 0 unspecified atom stereocenters. The quantitative estimate of drug-likeness (QED) is 0.576. The highest BCUT2D eigenvalue weighted by Gasteiger charge is 1.99. The molecule has 0 saturated heterocycles. The van der Waals surface area contributed by atoms with Gasteiger partial charge in [-0.25, -0.2) is 0 Å². The third-order valence-corrected chi connectivity index (χ3v) is 3.90. The van der Waals surface area contributed by atoms with Crippen molar-refractivity contribution in [3.05, 3.63) is 54.6 Å². The van der Waals surface area contributed by atoms with Crippen LogP contribution in [0.2, 0.25) is 0 Å². The molecule has 76 valence electrons. The Balaban J connectivity index is 2.11. The van der Waals surface area contributed by atoms with Gasteiger partial charge in [-0.05, 0) is 36.4 Å².